The van der Waals surface area contributed by atoms with E-state index in [1.165, 1.54) is 45.1 Å². The predicted molar refractivity (Wildman–Crippen MR) is 75.2 cm³/mol. The van der Waals surface area contributed by atoms with Crippen molar-refractivity contribution in [3.63, 3.8) is 0 Å². The summed E-state index contributed by atoms with van der Waals surface area (Å²) < 4.78 is 0. The van der Waals surface area contributed by atoms with E-state index in [-0.39, 0.29) is 0 Å². The molecule has 102 valence electrons. The normalized spacial score (nSPS) is 25.8. The van der Waals surface area contributed by atoms with E-state index in [9.17, 15) is 0 Å². The molecule has 0 aromatic carbocycles. The van der Waals surface area contributed by atoms with Crippen molar-refractivity contribution >= 4 is 0 Å². The Hall–Kier alpha value is -0.120. The van der Waals surface area contributed by atoms with Gasteiger partial charge in [0.05, 0.1) is 0 Å². The summed E-state index contributed by atoms with van der Waals surface area (Å²) in [5, 5.41) is 3.66. The summed E-state index contributed by atoms with van der Waals surface area (Å²) in [6.45, 7) is 6.87. The van der Waals surface area contributed by atoms with Crippen LogP contribution >= 0.6 is 0 Å². The van der Waals surface area contributed by atoms with E-state index >= 15 is 0 Å². The SMILES string of the molecule is CC(C)N(C)CCCCNC1CCCC(N)C1. The molecule has 2 unspecified atom stereocenters. The van der Waals surface area contributed by atoms with Crippen molar-refractivity contribution in [1.82, 2.24) is 10.2 Å². The molecule has 3 N–H and O–H groups in total. The van der Waals surface area contributed by atoms with Crippen molar-refractivity contribution in [2.75, 3.05) is 20.1 Å². The van der Waals surface area contributed by atoms with Gasteiger partial charge in [-0.3, -0.25) is 0 Å². The lowest BCUT2D eigenvalue weighted by atomic mass is 9.91. The van der Waals surface area contributed by atoms with Crippen LogP contribution in [0.4, 0.5) is 0 Å². The van der Waals surface area contributed by atoms with E-state index in [0.717, 1.165) is 6.54 Å². The second-order valence-corrected chi connectivity index (χ2v) is 5.86. The zero-order chi connectivity index (χ0) is 12.7. The van der Waals surface area contributed by atoms with E-state index < -0.39 is 0 Å². The molecule has 0 spiro atoms. The monoisotopic (exact) mass is 241 g/mol. The molecule has 1 aliphatic carbocycles. The van der Waals surface area contributed by atoms with Gasteiger partial charge in [0.1, 0.15) is 0 Å². The summed E-state index contributed by atoms with van der Waals surface area (Å²) >= 11 is 0. The first-order valence-corrected chi connectivity index (χ1v) is 7.28. The van der Waals surface area contributed by atoms with Gasteiger partial charge in [0.15, 0.2) is 0 Å². The fraction of sp³-hybridized carbons (Fsp3) is 1.00. The van der Waals surface area contributed by atoms with E-state index in [0.29, 0.717) is 18.1 Å². The van der Waals surface area contributed by atoms with Gasteiger partial charge in [-0.1, -0.05) is 6.42 Å². The van der Waals surface area contributed by atoms with Gasteiger partial charge in [-0.05, 0) is 66.1 Å². The zero-order valence-electron chi connectivity index (χ0n) is 11.9. The van der Waals surface area contributed by atoms with Crippen LogP contribution in [0.2, 0.25) is 0 Å². The number of unbranched alkanes of at least 4 members (excludes halogenated alkanes) is 1. The molecule has 0 saturated heterocycles. The molecular formula is C14H31N3. The molecule has 0 heterocycles. The van der Waals surface area contributed by atoms with Crippen LogP contribution in [0.25, 0.3) is 0 Å². The van der Waals surface area contributed by atoms with Gasteiger partial charge >= 0.3 is 0 Å². The molecule has 2 atom stereocenters. The number of hydrogen-bond donors (Lipinski definition) is 2. The van der Waals surface area contributed by atoms with Gasteiger partial charge in [-0.25, -0.2) is 0 Å². The van der Waals surface area contributed by atoms with Crippen molar-refractivity contribution in [1.29, 1.82) is 0 Å². The van der Waals surface area contributed by atoms with Crippen LogP contribution in [0.3, 0.4) is 0 Å². The summed E-state index contributed by atoms with van der Waals surface area (Å²) in [7, 11) is 2.21. The Morgan fingerprint density at radius 2 is 2.06 bits per heavy atom. The maximum atomic E-state index is 5.98. The van der Waals surface area contributed by atoms with E-state index in [1.54, 1.807) is 0 Å². The van der Waals surface area contributed by atoms with Crippen molar-refractivity contribution in [2.24, 2.45) is 5.73 Å². The van der Waals surface area contributed by atoms with Crippen LogP contribution in [-0.4, -0.2) is 43.2 Å². The molecule has 3 nitrogen and oxygen atoms in total. The van der Waals surface area contributed by atoms with Crippen molar-refractivity contribution < 1.29 is 0 Å². The molecule has 0 aromatic heterocycles. The minimum atomic E-state index is 0.438. The van der Waals surface area contributed by atoms with Gasteiger partial charge in [0, 0.05) is 18.1 Å². The molecular weight excluding hydrogens is 210 g/mol. The smallest absolute Gasteiger partial charge is 0.00818 e. The number of nitrogens with zero attached hydrogens (tertiary/aromatic N) is 1. The highest BCUT2D eigenvalue weighted by atomic mass is 15.1. The molecule has 0 bridgehead atoms. The zero-order valence-corrected chi connectivity index (χ0v) is 11.9. The third-order valence-electron chi connectivity index (χ3n) is 3.97. The molecule has 0 amide bonds. The van der Waals surface area contributed by atoms with Gasteiger partial charge < -0.3 is 16.0 Å². The van der Waals surface area contributed by atoms with Crippen molar-refractivity contribution in [3.8, 4) is 0 Å². The Labute approximate surface area is 107 Å². The topological polar surface area (TPSA) is 41.3 Å². The minimum absolute atomic E-state index is 0.438. The van der Waals surface area contributed by atoms with Gasteiger partial charge in [-0.15, -0.1) is 0 Å². The second-order valence-electron chi connectivity index (χ2n) is 5.86. The largest absolute Gasteiger partial charge is 0.328 e. The highest BCUT2D eigenvalue weighted by Gasteiger charge is 2.17. The molecule has 0 radical (unpaired) electrons. The number of rotatable bonds is 7. The molecule has 1 rings (SSSR count). The number of nitrogens with two attached hydrogens (primary N) is 1. The van der Waals surface area contributed by atoms with Crippen molar-refractivity contribution in [3.05, 3.63) is 0 Å². The first kappa shape index (κ1) is 14.9. The van der Waals surface area contributed by atoms with Crippen molar-refractivity contribution in [2.45, 2.75) is 70.5 Å². The third-order valence-corrected chi connectivity index (χ3v) is 3.97. The standard InChI is InChI=1S/C14H31N3/c1-12(2)17(3)10-5-4-9-16-14-8-6-7-13(15)11-14/h12-14,16H,4-11,15H2,1-3H3. The van der Waals surface area contributed by atoms with Crippen LogP contribution in [0, 0.1) is 0 Å². The molecule has 17 heavy (non-hydrogen) atoms. The van der Waals surface area contributed by atoms with Crippen LogP contribution in [0.5, 0.6) is 0 Å². The van der Waals surface area contributed by atoms with E-state index in [2.05, 4.69) is 31.1 Å². The highest BCUT2D eigenvalue weighted by molar-refractivity contribution is 4.79. The summed E-state index contributed by atoms with van der Waals surface area (Å²) in [4.78, 5) is 2.41. The first-order chi connectivity index (χ1) is 8.09. The minimum Gasteiger partial charge on any atom is -0.328 e. The Morgan fingerprint density at radius 3 is 2.71 bits per heavy atom. The van der Waals surface area contributed by atoms with Crippen LogP contribution in [0.1, 0.15) is 52.4 Å². The van der Waals surface area contributed by atoms with Gasteiger partial charge in [0.2, 0.25) is 0 Å². The quantitative estimate of drug-likeness (QED) is 0.670. The molecule has 1 aliphatic rings. The van der Waals surface area contributed by atoms with Crippen LogP contribution in [0.15, 0.2) is 0 Å². The predicted octanol–water partition coefficient (Wildman–Crippen LogP) is 1.97. The fourth-order valence-electron chi connectivity index (χ4n) is 2.46. The second kappa shape index (κ2) is 8.06. The maximum absolute atomic E-state index is 5.98. The molecule has 0 aliphatic heterocycles. The van der Waals surface area contributed by atoms with Crippen LogP contribution in [-0.2, 0) is 0 Å². The first-order valence-electron chi connectivity index (χ1n) is 7.28. The lowest BCUT2D eigenvalue weighted by molar-refractivity contribution is 0.265. The van der Waals surface area contributed by atoms with Gasteiger partial charge in [-0.2, -0.15) is 0 Å². The maximum Gasteiger partial charge on any atom is 0.00818 e. The fourth-order valence-corrected chi connectivity index (χ4v) is 2.46. The summed E-state index contributed by atoms with van der Waals surface area (Å²) in [6, 6.07) is 1.79. The third kappa shape index (κ3) is 6.39. The summed E-state index contributed by atoms with van der Waals surface area (Å²) in [5.74, 6) is 0. The molecule has 3 heteroatoms. The molecule has 1 fully saturated rings. The highest BCUT2D eigenvalue weighted by Crippen LogP contribution is 2.16. The van der Waals surface area contributed by atoms with Crippen LogP contribution < -0.4 is 11.1 Å². The molecule has 0 aromatic rings. The van der Waals surface area contributed by atoms with E-state index in [1.807, 2.05) is 0 Å². The van der Waals surface area contributed by atoms with Gasteiger partial charge in [0.25, 0.3) is 0 Å². The number of hydrogen-bond acceptors (Lipinski definition) is 3. The number of nitrogens with one attached hydrogen (secondary N) is 1. The Balaban J connectivity index is 1.97. The average Bonchev–Trinajstić information content (AvgIpc) is 2.28. The lowest BCUT2D eigenvalue weighted by Crippen LogP contribution is -2.39. The van der Waals surface area contributed by atoms with E-state index in [4.69, 9.17) is 5.73 Å². The Morgan fingerprint density at radius 1 is 1.29 bits per heavy atom. The lowest BCUT2D eigenvalue weighted by Gasteiger charge is -2.27. The average molecular weight is 241 g/mol. The summed E-state index contributed by atoms with van der Waals surface area (Å²) in [6.07, 6.45) is 7.58. The Bertz CT molecular complexity index is 194. The Kier molecular flexibility index (Phi) is 7.09. The molecule has 1 saturated carbocycles. The summed E-state index contributed by atoms with van der Waals surface area (Å²) in [5.41, 5.74) is 5.98.